The Labute approximate surface area is 124 Å². The van der Waals surface area contributed by atoms with Crippen molar-refractivity contribution in [3.05, 3.63) is 29.3 Å². The Morgan fingerprint density at radius 3 is 2.71 bits per heavy atom. The molecule has 0 aliphatic carbocycles. The zero-order chi connectivity index (χ0) is 15.7. The topological polar surface area (TPSA) is 98.3 Å². The van der Waals surface area contributed by atoms with Crippen LogP contribution >= 0.6 is 0 Å². The van der Waals surface area contributed by atoms with Gasteiger partial charge in [-0.1, -0.05) is 11.2 Å². The highest BCUT2D eigenvalue weighted by atomic mass is 16.5. The number of hydrogen-bond acceptors (Lipinski definition) is 6. The maximum absolute atomic E-state index is 8.73. The van der Waals surface area contributed by atoms with Gasteiger partial charge in [0.15, 0.2) is 5.84 Å². The minimum Gasteiger partial charge on any atom is -0.496 e. The SMILES string of the molecule is COCC(CNCc1ccc(/C(N)=N/O)c(OC)c1)OC. The van der Waals surface area contributed by atoms with Crippen molar-refractivity contribution in [3.8, 4) is 5.75 Å². The predicted octanol–water partition coefficient (Wildman–Crippen LogP) is 0.541. The first-order chi connectivity index (χ1) is 10.2. The fourth-order valence-electron chi connectivity index (χ4n) is 1.88. The Morgan fingerprint density at radius 2 is 2.14 bits per heavy atom. The zero-order valence-electron chi connectivity index (χ0n) is 12.6. The molecule has 0 heterocycles. The van der Waals surface area contributed by atoms with Crippen LogP contribution in [0.25, 0.3) is 0 Å². The molecule has 7 heteroatoms. The van der Waals surface area contributed by atoms with Crippen molar-refractivity contribution in [2.45, 2.75) is 12.6 Å². The van der Waals surface area contributed by atoms with Crippen molar-refractivity contribution in [1.82, 2.24) is 5.32 Å². The number of amidine groups is 1. The molecule has 0 saturated heterocycles. The first kappa shape index (κ1) is 17.2. The number of benzene rings is 1. The summed E-state index contributed by atoms with van der Waals surface area (Å²) in [5.74, 6) is 0.579. The average Bonchev–Trinajstić information content (AvgIpc) is 2.53. The Bertz CT molecular complexity index is 466. The van der Waals surface area contributed by atoms with Crippen molar-refractivity contribution < 1.29 is 19.4 Å². The third-order valence-corrected chi connectivity index (χ3v) is 3.04. The van der Waals surface area contributed by atoms with E-state index in [0.29, 0.717) is 31.0 Å². The smallest absolute Gasteiger partial charge is 0.173 e. The van der Waals surface area contributed by atoms with Crippen molar-refractivity contribution in [2.24, 2.45) is 10.9 Å². The Morgan fingerprint density at radius 1 is 1.38 bits per heavy atom. The van der Waals surface area contributed by atoms with Crippen LogP contribution in [0.2, 0.25) is 0 Å². The molecular weight excluding hydrogens is 274 g/mol. The molecule has 4 N–H and O–H groups in total. The summed E-state index contributed by atoms with van der Waals surface area (Å²) in [5.41, 5.74) is 7.16. The van der Waals surface area contributed by atoms with Crippen molar-refractivity contribution in [3.63, 3.8) is 0 Å². The molecule has 1 aromatic rings. The summed E-state index contributed by atoms with van der Waals surface area (Å²) in [4.78, 5) is 0. The van der Waals surface area contributed by atoms with Crippen molar-refractivity contribution >= 4 is 5.84 Å². The molecule has 118 valence electrons. The van der Waals surface area contributed by atoms with Gasteiger partial charge in [0.05, 0.1) is 25.4 Å². The van der Waals surface area contributed by atoms with Gasteiger partial charge in [0.25, 0.3) is 0 Å². The van der Waals surface area contributed by atoms with Gasteiger partial charge in [-0.3, -0.25) is 0 Å². The van der Waals surface area contributed by atoms with Gasteiger partial charge in [-0.2, -0.15) is 0 Å². The van der Waals surface area contributed by atoms with Crippen LogP contribution < -0.4 is 15.8 Å². The fourth-order valence-corrected chi connectivity index (χ4v) is 1.88. The number of nitrogens with one attached hydrogen (secondary N) is 1. The van der Waals surface area contributed by atoms with E-state index in [-0.39, 0.29) is 11.9 Å². The zero-order valence-corrected chi connectivity index (χ0v) is 12.6. The Kier molecular flexibility index (Phi) is 7.52. The molecule has 21 heavy (non-hydrogen) atoms. The molecule has 0 aliphatic rings. The lowest BCUT2D eigenvalue weighted by molar-refractivity contribution is 0.0288. The number of oxime groups is 1. The Hall–Kier alpha value is -1.83. The molecule has 0 aromatic heterocycles. The lowest BCUT2D eigenvalue weighted by atomic mass is 10.1. The van der Waals surface area contributed by atoms with Crippen LogP contribution in [0.3, 0.4) is 0 Å². The lowest BCUT2D eigenvalue weighted by Crippen LogP contribution is -2.31. The van der Waals surface area contributed by atoms with Crippen LogP contribution in [0.5, 0.6) is 5.75 Å². The summed E-state index contributed by atoms with van der Waals surface area (Å²) in [6, 6.07) is 5.49. The van der Waals surface area contributed by atoms with Gasteiger partial charge in [0, 0.05) is 27.3 Å². The average molecular weight is 297 g/mol. The number of ether oxygens (including phenoxy) is 3. The second kappa shape index (κ2) is 9.17. The quantitative estimate of drug-likeness (QED) is 0.266. The molecule has 0 bridgehead atoms. The molecule has 0 saturated carbocycles. The minimum atomic E-state index is 0.00772. The molecule has 0 amide bonds. The van der Waals surface area contributed by atoms with Crippen LogP contribution in [-0.2, 0) is 16.0 Å². The maximum Gasteiger partial charge on any atom is 0.173 e. The minimum absolute atomic E-state index is 0.00772. The predicted molar refractivity (Wildman–Crippen MR) is 79.9 cm³/mol. The summed E-state index contributed by atoms with van der Waals surface area (Å²) in [5, 5.41) is 15.0. The molecular formula is C14H23N3O4. The van der Waals surface area contributed by atoms with Crippen molar-refractivity contribution in [2.75, 3.05) is 34.5 Å². The Balaban J connectivity index is 2.64. The highest BCUT2D eigenvalue weighted by Gasteiger charge is 2.10. The monoisotopic (exact) mass is 297 g/mol. The lowest BCUT2D eigenvalue weighted by Gasteiger charge is -2.15. The second-order valence-corrected chi connectivity index (χ2v) is 4.46. The number of nitrogens with two attached hydrogens (primary N) is 1. The highest BCUT2D eigenvalue weighted by molar-refractivity contribution is 5.99. The van der Waals surface area contributed by atoms with Crippen LogP contribution in [0.1, 0.15) is 11.1 Å². The van der Waals surface area contributed by atoms with E-state index in [1.54, 1.807) is 27.4 Å². The van der Waals surface area contributed by atoms with Gasteiger partial charge in [-0.25, -0.2) is 0 Å². The van der Waals surface area contributed by atoms with Gasteiger partial charge in [0.1, 0.15) is 5.75 Å². The number of nitrogens with zero attached hydrogens (tertiary/aromatic N) is 1. The van der Waals surface area contributed by atoms with Gasteiger partial charge < -0.3 is 30.5 Å². The first-order valence-corrected chi connectivity index (χ1v) is 6.53. The van der Waals surface area contributed by atoms with E-state index in [4.69, 9.17) is 25.2 Å². The van der Waals surface area contributed by atoms with Crippen LogP contribution in [-0.4, -0.2) is 51.6 Å². The van der Waals surface area contributed by atoms with E-state index in [9.17, 15) is 0 Å². The molecule has 1 unspecified atom stereocenters. The third kappa shape index (κ3) is 5.22. The molecule has 1 atom stereocenters. The van der Waals surface area contributed by atoms with E-state index in [2.05, 4.69) is 10.5 Å². The van der Waals surface area contributed by atoms with E-state index in [1.165, 1.54) is 0 Å². The van der Waals surface area contributed by atoms with Gasteiger partial charge in [-0.15, -0.1) is 0 Å². The highest BCUT2D eigenvalue weighted by Crippen LogP contribution is 2.20. The maximum atomic E-state index is 8.73. The molecule has 0 spiro atoms. The molecule has 7 nitrogen and oxygen atoms in total. The van der Waals surface area contributed by atoms with Crippen molar-refractivity contribution in [1.29, 1.82) is 0 Å². The van der Waals surface area contributed by atoms with Crippen LogP contribution in [0.4, 0.5) is 0 Å². The summed E-state index contributed by atoms with van der Waals surface area (Å²) in [7, 11) is 4.84. The van der Waals surface area contributed by atoms with Gasteiger partial charge >= 0.3 is 0 Å². The van der Waals surface area contributed by atoms with Crippen LogP contribution in [0, 0.1) is 0 Å². The molecule has 1 rings (SSSR count). The molecule has 0 fully saturated rings. The second-order valence-electron chi connectivity index (χ2n) is 4.46. The van der Waals surface area contributed by atoms with Crippen LogP contribution in [0.15, 0.2) is 23.4 Å². The molecule has 0 aliphatic heterocycles. The van der Waals surface area contributed by atoms with E-state index >= 15 is 0 Å². The molecule has 1 aromatic carbocycles. The van der Waals surface area contributed by atoms with E-state index in [0.717, 1.165) is 5.56 Å². The number of rotatable bonds is 9. The molecule has 0 radical (unpaired) electrons. The van der Waals surface area contributed by atoms with E-state index < -0.39 is 0 Å². The summed E-state index contributed by atoms with van der Waals surface area (Å²) >= 11 is 0. The first-order valence-electron chi connectivity index (χ1n) is 6.53. The third-order valence-electron chi connectivity index (χ3n) is 3.04. The fraction of sp³-hybridized carbons (Fsp3) is 0.500. The number of methoxy groups -OCH3 is 3. The summed E-state index contributed by atoms with van der Waals surface area (Å²) in [6.07, 6.45) is 0.00772. The normalized spacial score (nSPS) is 13.2. The summed E-state index contributed by atoms with van der Waals surface area (Å²) < 4.78 is 15.6. The largest absolute Gasteiger partial charge is 0.496 e. The van der Waals surface area contributed by atoms with Gasteiger partial charge in [-0.05, 0) is 17.7 Å². The standard InChI is InChI=1S/C14H23N3O4/c1-19-9-11(20-2)8-16-7-10-4-5-12(14(15)17-18)13(6-10)21-3/h4-6,11,16,18H,7-9H2,1-3H3,(H2,15,17). The van der Waals surface area contributed by atoms with Gasteiger partial charge in [0.2, 0.25) is 0 Å². The van der Waals surface area contributed by atoms with E-state index in [1.807, 2.05) is 12.1 Å². The number of hydrogen-bond donors (Lipinski definition) is 3. The summed E-state index contributed by atoms with van der Waals surface area (Å²) in [6.45, 7) is 1.86.